The number of hydrogen-bond donors (Lipinski definition) is 5. The number of esters is 2. The summed E-state index contributed by atoms with van der Waals surface area (Å²) in [7, 11) is 7.36. The van der Waals surface area contributed by atoms with Gasteiger partial charge in [0, 0.05) is 64.8 Å². The fourth-order valence-electron chi connectivity index (χ4n) is 6.28. The first-order chi connectivity index (χ1) is 35.7. The lowest BCUT2D eigenvalue weighted by atomic mass is 10.2. The number of nitrogen functional groups attached to an aromatic ring is 1. The van der Waals surface area contributed by atoms with Gasteiger partial charge < -0.3 is 49.5 Å². The van der Waals surface area contributed by atoms with Gasteiger partial charge in [-0.25, -0.2) is 38.4 Å². The molecule has 0 aliphatic rings. The molecule has 0 saturated carbocycles. The van der Waals surface area contributed by atoms with Crippen molar-refractivity contribution >= 4 is 135 Å². The number of carbonyl (C=O) groups excluding carboxylic acids is 4. The molecule has 3 radical (unpaired) electrons. The van der Waals surface area contributed by atoms with Crippen molar-refractivity contribution in [2.24, 2.45) is 0 Å². The number of nitrogens with zero attached hydrogens (tertiary/aromatic N) is 2. The van der Waals surface area contributed by atoms with Crippen LogP contribution in [0.3, 0.4) is 0 Å². The van der Waals surface area contributed by atoms with Gasteiger partial charge in [-0.1, -0.05) is 60.5 Å². The minimum atomic E-state index is -1.35. The van der Waals surface area contributed by atoms with E-state index in [1.165, 1.54) is 76.5 Å². The Morgan fingerprint density at radius 3 is 1.23 bits per heavy atom. The standard InChI is InChI=1S/C18H16N2O5S.C17H14N2O5S.C10H9NO4S.C7H9N.CH4.B/c1-10-4-6-11(7-5-10)19-18(23)20(2)15-9-13-14(26-15)8-12(16(21)24-3)17(22)25-13;1-9-3-5-10(6-4-9)18-17(23)19(2)14-8-12-13(25-14)7-11(15(20)21)16(22)24-12;1-11-8-4-6-7(16-8)3-5(9(12)14-2)10(13)15-6;1-6-2-4-7(8)5-3-6;;/h4-9H,1-3H3,(H,19,23);3-8H,1-2H3,(H,18,23)(H,20,21);3-4,11H,1-2H3;2-5H,8H2,1H3;1H4;. The normalized spacial score (nSPS) is 10.1. The Morgan fingerprint density at radius 1 is 0.545 bits per heavy atom. The lowest BCUT2D eigenvalue weighted by Crippen LogP contribution is -2.30. The Morgan fingerprint density at radius 2 is 0.883 bits per heavy atom. The van der Waals surface area contributed by atoms with Crippen LogP contribution < -0.4 is 48.4 Å². The predicted molar refractivity (Wildman–Crippen MR) is 306 cm³/mol. The summed E-state index contributed by atoms with van der Waals surface area (Å²) < 4.78 is 26.0. The molecule has 0 aliphatic heterocycles. The summed E-state index contributed by atoms with van der Waals surface area (Å²) in [4.78, 5) is 96.3. The highest BCUT2D eigenvalue weighted by Crippen LogP contribution is 2.34. The molecule has 9 rings (SSSR count). The average Bonchev–Trinajstić information content (AvgIpc) is 4.14. The molecule has 0 fully saturated rings. The maximum atomic E-state index is 12.4. The number of fused-ring (bicyclic) bond motifs is 3. The van der Waals surface area contributed by atoms with Gasteiger partial charge in [-0.15, -0.1) is 34.0 Å². The molecule has 0 aliphatic carbocycles. The van der Waals surface area contributed by atoms with Gasteiger partial charge in [0.05, 0.1) is 33.3 Å². The Balaban J connectivity index is 0.000000234. The molecule has 6 heterocycles. The number of amides is 4. The number of anilines is 6. The number of carboxylic acids is 1. The average molecular weight is 1100 g/mol. The molecule has 0 unspecified atom stereocenters. The van der Waals surface area contributed by atoms with Crippen molar-refractivity contribution in [2.45, 2.75) is 28.2 Å². The van der Waals surface area contributed by atoms with Crippen LogP contribution >= 0.6 is 34.0 Å². The first kappa shape index (κ1) is 60.6. The fourth-order valence-corrected chi connectivity index (χ4v) is 9.14. The molecule has 77 heavy (non-hydrogen) atoms. The second-order valence-corrected chi connectivity index (χ2v) is 19.2. The van der Waals surface area contributed by atoms with Gasteiger partial charge in [-0.2, -0.15) is 0 Å². The number of aromatic carboxylic acids is 1. The summed E-state index contributed by atoms with van der Waals surface area (Å²) in [5.74, 6) is -2.80. The van der Waals surface area contributed by atoms with Gasteiger partial charge >= 0.3 is 46.8 Å². The topological polar surface area (TPSA) is 283 Å². The van der Waals surface area contributed by atoms with E-state index in [1.54, 1.807) is 45.4 Å². The molecule has 6 N–H and O–H groups in total. The van der Waals surface area contributed by atoms with Crippen molar-refractivity contribution in [1.29, 1.82) is 0 Å². The van der Waals surface area contributed by atoms with E-state index >= 15 is 0 Å². The Hall–Kier alpha value is -9.00. The van der Waals surface area contributed by atoms with Crippen molar-refractivity contribution in [3.8, 4) is 0 Å². The number of nitrogens with one attached hydrogen (secondary N) is 3. The van der Waals surface area contributed by atoms with E-state index in [2.05, 4.69) is 25.4 Å². The van der Waals surface area contributed by atoms with Crippen LogP contribution in [0.15, 0.2) is 137 Å². The number of hydrogen-bond acceptors (Lipinski definition) is 18. The number of nitrogens with two attached hydrogens (primary N) is 1. The van der Waals surface area contributed by atoms with Crippen LogP contribution in [-0.4, -0.2) is 78.9 Å². The van der Waals surface area contributed by atoms with Crippen molar-refractivity contribution in [2.75, 3.05) is 66.8 Å². The fraction of sp³-hybridized carbons (Fsp3) is 0.170. The van der Waals surface area contributed by atoms with Gasteiger partial charge in [0.25, 0.3) is 0 Å². The number of methoxy groups -OCH3 is 2. The van der Waals surface area contributed by atoms with Crippen LogP contribution in [0.1, 0.15) is 55.2 Å². The molecule has 399 valence electrons. The summed E-state index contributed by atoms with van der Waals surface area (Å²) in [5.41, 5.74) is 8.94. The molecule has 0 bridgehead atoms. The molecular weight excluding hydrogens is 1050 g/mol. The van der Waals surface area contributed by atoms with Gasteiger partial charge in [0.2, 0.25) is 0 Å². The van der Waals surface area contributed by atoms with E-state index in [0.29, 0.717) is 41.9 Å². The number of urea groups is 2. The number of rotatable bonds is 8. The molecule has 0 saturated heterocycles. The Kier molecular flexibility index (Phi) is 21.2. The minimum absolute atomic E-state index is 0. The number of carboxylic acid groups (broad SMARTS) is 1. The third kappa shape index (κ3) is 15.5. The van der Waals surface area contributed by atoms with Crippen molar-refractivity contribution in [3.05, 3.63) is 174 Å². The second kappa shape index (κ2) is 27.0. The molecule has 9 aromatic rings. The number of ether oxygens (including phenoxy) is 2. The van der Waals surface area contributed by atoms with E-state index in [1.807, 2.05) is 81.4 Å². The minimum Gasteiger partial charge on any atom is -0.477 e. The maximum absolute atomic E-state index is 12.4. The Bertz CT molecular complexity index is 3710. The highest BCUT2D eigenvalue weighted by molar-refractivity contribution is 7.23. The van der Waals surface area contributed by atoms with Crippen LogP contribution in [0, 0.1) is 20.8 Å². The largest absolute Gasteiger partial charge is 0.477 e. The summed E-state index contributed by atoms with van der Waals surface area (Å²) >= 11 is 3.77. The summed E-state index contributed by atoms with van der Waals surface area (Å²) in [6.45, 7) is 5.96. The van der Waals surface area contributed by atoms with Crippen molar-refractivity contribution < 1.29 is 51.8 Å². The highest BCUT2D eigenvalue weighted by atomic mass is 32.1. The van der Waals surface area contributed by atoms with E-state index < -0.39 is 40.3 Å². The monoisotopic (exact) mass is 1100 g/mol. The van der Waals surface area contributed by atoms with Crippen LogP contribution in [0.5, 0.6) is 0 Å². The third-order valence-corrected chi connectivity index (χ3v) is 13.8. The third-order valence-electron chi connectivity index (χ3n) is 10.5. The molecule has 20 nitrogen and oxygen atoms in total. The summed E-state index contributed by atoms with van der Waals surface area (Å²) in [5, 5.41) is 19.4. The second-order valence-electron chi connectivity index (χ2n) is 16.0. The predicted octanol–water partition coefficient (Wildman–Crippen LogP) is 10.7. The van der Waals surface area contributed by atoms with E-state index in [0.717, 1.165) is 37.9 Å². The Labute approximate surface area is 453 Å². The molecule has 3 aromatic carbocycles. The molecule has 0 atom stereocenters. The quantitative estimate of drug-likeness (QED) is 0.0537. The highest BCUT2D eigenvalue weighted by Gasteiger charge is 2.21. The van der Waals surface area contributed by atoms with E-state index in [9.17, 15) is 38.4 Å². The van der Waals surface area contributed by atoms with Gasteiger partial charge in [0.15, 0.2) is 16.7 Å². The molecule has 6 aromatic heterocycles. The number of thiophene rings is 3. The van der Waals surface area contributed by atoms with Crippen LogP contribution in [0.2, 0.25) is 0 Å². The van der Waals surface area contributed by atoms with E-state index in [-0.39, 0.29) is 44.6 Å². The lowest BCUT2D eigenvalue weighted by molar-refractivity contribution is 0.0587. The van der Waals surface area contributed by atoms with Crippen molar-refractivity contribution in [3.63, 3.8) is 0 Å². The van der Waals surface area contributed by atoms with Crippen LogP contribution in [0.4, 0.5) is 41.7 Å². The molecular formula is C53H52BN6O14S3. The summed E-state index contributed by atoms with van der Waals surface area (Å²) in [6, 6.07) is 30.8. The molecule has 4 amide bonds. The maximum Gasteiger partial charge on any atom is 0.351 e. The zero-order chi connectivity index (χ0) is 54.7. The first-order valence-corrected chi connectivity index (χ1v) is 24.5. The number of benzene rings is 3. The van der Waals surface area contributed by atoms with Gasteiger partial charge in [0.1, 0.15) is 26.7 Å². The molecule has 24 heteroatoms. The first-order valence-electron chi connectivity index (χ1n) is 22.0. The van der Waals surface area contributed by atoms with Crippen LogP contribution in [0.25, 0.3) is 30.8 Å². The van der Waals surface area contributed by atoms with Crippen LogP contribution in [-0.2, 0) is 9.47 Å². The summed E-state index contributed by atoms with van der Waals surface area (Å²) in [6.07, 6.45) is 0. The number of carbonyl (C=O) groups is 5. The van der Waals surface area contributed by atoms with Gasteiger partial charge in [-0.3, -0.25) is 9.80 Å². The lowest BCUT2D eigenvalue weighted by Gasteiger charge is -2.15. The van der Waals surface area contributed by atoms with Gasteiger partial charge in [-0.05, 0) is 75.4 Å². The zero-order valence-corrected chi connectivity index (χ0v) is 44.4. The smallest absolute Gasteiger partial charge is 0.351 e. The van der Waals surface area contributed by atoms with Crippen molar-refractivity contribution in [1.82, 2.24) is 0 Å². The van der Waals surface area contributed by atoms with E-state index in [4.69, 9.17) is 24.1 Å². The molecule has 0 spiro atoms. The number of aryl methyl sites for hydroxylation is 3. The SMILES string of the molecule is C.CNc1cc2oc(=O)c(C(=O)OC)cc2s1.COC(=O)c1cc2sc(N(C)C(=O)Nc3ccc(C)cc3)cc2oc1=O.Cc1ccc(N)cc1.Cc1ccc(NC(=O)N(C)c2cc3oc(=O)c(C(=O)O)cc3s2)cc1.[B]. The zero-order valence-electron chi connectivity index (χ0n) is 41.9.